The summed E-state index contributed by atoms with van der Waals surface area (Å²) in [6.45, 7) is 1.17. The van der Waals surface area contributed by atoms with E-state index in [0.29, 0.717) is 0 Å². The standard InChI is InChI=1S/C8H11NS/c1-2-4-8-7(3-1)5-6-9-10-8/h1-2,4,7,9H,3,5-6H2. The second-order valence-corrected chi connectivity index (χ2v) is 3.68. The lowest BCUT2D eigenvalue weighted by Crippen LogP contribution is -2.20. The Morgan fingerprint density at radius 1 is 1.60 bits per heavy atom. The summed E-state index contributed by atoms with van der Waals surface area (Å²) in [6.07, 6.45) is 9.21. The third kappa shape index (κ3) is 1.13. The predicted molar refractivity (Wildman–Crippen MR) is 45.5 cm³/mol. The van der Waals surface area contributed by atoms with Crippen LogP contribution in [0.15, 0.2) is 23.1 Å². The zero-order chi connectivity index (χ0) is 6.81. The minimum Gasteiger partial charge on any atom is -0.260 e. The van der Waals surface area contributed by atoms with Crippen LogP contribution in [0.25, 0.3) is 0 Å². The van der Waals surface area contributed by atoms with Crippen molar-refractivity contribution in [3.05, 3.63) is 23.1 Å². The Morgan fingerprint density at radius 3 is 3.50 bits per heavy atom. The Labute approximate surface area is 65.7 Å². The number of allylic oxidation sites excluding steroid dienone is 4. The molecular weight excluding hydrogens is 142 g/mol. The minimum absolute atomic E-state index is 0.830. The minimum atomic E-state index is 0.830. The number of nitrogens with one attached hydrogen (secondary N) is 1. The third-order valence-electron chi connectivity index (χ3n) is 2.00. The molecule has 1 atom stereocenters. The molecule has 2 aliphatic rings. The molecule has 2 heteroatoms. The molecule has 0 spiro atoms. The van der Waals surface area contributed by atoms with Gasteiger partial charge >= 0.3 is 0 Å². The van der Waals surface area contributed by atoms with Crippen LogP contribution in [0, 0.1) is 5.92 Å². The summed E-state index contributed by atoms with van der Waals surface area (Å²) in [5.74, 6) is 0.830. The lowest BCUT2D eigenvalue weighted by molar-refractivity contribution is 0.569. The van der Waals surface area contributed by atoms with Crippen molar-refractivity contribution in [3.63, 3.8) is 0 Å². The van der Waals surface area contributed by atoms with Gasteiger partial charge in [-0.25, -0.2) is 0 Å². The van der Waals surface area contributed by atoms with Crippen molar-refractivity contribution in [2.24, 2.45) is 5.92 Å². The zero-order valence-corrected chi connectivity index (χ0v) is 6.66. The average molecular weight is 153 g/mol. The molecule has 0 amide bonds. The normalized spacial score (nSPS) is 31.2. The summed E-state index contributed by atoms with van der Waals surface area (Å²) < 4.78 is 3.30. The van der Waals surface area contributed by atoms with Gasteiger partial charge in [-0.05, 0) is 30.7 Å². The largest absolute Gasteiger partial charge is 0.260 e. The first-order valence-corrected chi connectivity index (χ1v) is 4.55. The van der Waals surface area contributed by atoms with E-state index in [1.165, 1.54) is 24.3 Å². The first-order chi connectivity index (χ1) is 4.97. The van der Waals surface area contributed by atoms with E-state index in [9.17, 15) is 0 Å². The smallest absolute Gasteiger partial charge is 0.00678 e. The number of hydrogen-bond acceptors (Lipinski definition) is 2. The van der Waals surface area contributed by atoms with Crippen LogP contribution in [0.1, 0.15) is 12.8 Å². The van der Waals surface area contributed by atoms with Gasteiger partial charge in [-0.1, -0.05) is 18.2 Å². The van der Waals surface area contributed by atoms with Crippen molar-refractivity contribution in [1.82, 2.24) is 4.72 Å². The van der Waals surface area contributed by atoms with Crippen LogP contribution in [-0.2, 0) is 0 Å². The van der Waals surface area contributed by atoms with E-state index in [-0.39, 0.29) is 0 Å². The molecule has 1 heterocycles. The van der Waals surface area contributed by atoms with E-state index in [1.807, 2.05) is 0 Å². The highest BCUT2D eigenvalue weighted by Gasteiger charge is 2.18. The van der Waals surface area contributed by atoms with Crippen LogP contribution in [0.2, 0.25) is 0 Å². The molecule has 0 aromatic heterocycles. The summed E-state index contributed by atoms with van der Waals surface area (Å²) >= 11 is 1.81. The van der Waals surface area contributed by atoms with Crippen molar-refractivity contribution in [2.75, 3.05) is 6.54 Å². The van der Waals surface area contributed by atoms with Gasteiger partial charge in [-0.15, -0.1) is 0 Å². The zero-order valence-electron chi connectivity index (χ0n) is 5.84. The van der Waals surface area contributed by atoms with Crippen LogP contribution in [0.5, 0.6) is 0 Å². The molecule has 0 saturated carbocycles. The van der Waals surface area contributed by atoms with Gasteiger partial charge in [0, 0.05) is 11.4 Å². The molecule has 0 aromatic rings. The fraction of sp³-hybridized carbons (Fsp3) is 0.500. The molecule has 0 radical (unpaired) electrons. The highest BCUT2D eigenvalue weighted by Crippen LogP contribution is 2.33. The molecule has 1 aliphatic heterocycles. The summed E-state index contributed by atoms with van der Waals surface area (Å²) in [7, 11) is 0. The maximum atomic E-state index is 3.30. The Hall–Kier alpha value is -0.210. The van der Waals surface area contributed by atoms with E-state index in [2.05, 4.69) is 23.0 Å². The van der Waals surface area contributed by atoms with Crippen molar-refractivity contribution in [2.45, 2.75) is 12.8 Å². The third-order valence-corrected chi connectivity index (χ3v) is 3.06. The van der Waals surface area contributed by atoms with Gasteiger partial charge in [0.25, 0.3) is 0 Å². The second kappa shape index (κ2) is 2.81. The van der Waals surface area contributed by atoms with Crippen molar-refractivity contribution < 1.29 is 0 Å². The maximum Gasteiger partial charge on any atom is 0.00678 e. The van der Waals surface area contributed by atoms with Gasteiger partial charge in [0.15, 0.2) is 0 Å². The Balaban J connectivity index is 2.14. The molecule has 1 aliphatic carbocycles. The van der Waals surface area contributed by atoms with Crippen LogP contribution >= 0.6 is 11.9 Å². The second-order valence-electron chi connectivity index (χ2n) is 2.71. The Kier molecular flexibility index (Phi) is 1.82. The molecule has 1 saturated heterocycles. The highest BCUT2D eigenvalue weighted by molar-refractivity contribution is 8.01. The van der Waals surface area contributed by atoms with E-state index in [1.54, 1.807) is 11.9 Å². The highest BCUT2D eigenvalue weighted by atomic mass is 32.2. The van der Waals surface area contributed by atoms with Crippen LogP contribution < -0.4 is 4.72 Å². The van der Waals surface area contributed by atoms with Gasteiger partial charge in [-0.3, -0.25) is 4.72 Å². The fourth-order valence-corrected chi connectivity index (χ4v) is 2.32. The van der Waals surface area contributed by atoms with Gasteiger partial charge < -0.3 is 0 Å². The molecule has 0 bridgehead atoms. The molecule has 1 N–H and O–H groups in total. The molecule has 2 rings (SSSR count). The quantitative estimate of drug-likeness (QED) is 0.535. The monoisotopic (exact) mass is 153 g/mol. The fourth-order valence-electron chi connectivity index (χ4n) is 1.40. The Bertz CT molecular complexity index is 184. The molecule has 1 nitrogen and oxygen atoms in total. The first kappa shape index (κ1) is 6.50. The molecule has 0 aromatic carbocycles. The summed E-state index contributed by atoms with van der Waals surface area (Å²) in [4.78, 5) is 1.52. The Morgan fingerprint density at radius 2 is 2.60 bits per heavy atom. The van der Waals surface area contributed by atoms with Crippen molar-refractivity contribution >= 4 is 11.9 Å². The molecule has 1 fully saturated rings. The molecule has 10 heavy (non-hydrogen) atoms. The number of fused-ring (bicyclic) bond motifs is 1. The summed E-state index contributed by atoms with van der Waals surface area (Å²) in [5, 5.41) is 0. The maximum absolute atomic E-state index is 3.30. The predicted octanol–water partition coefficient (Wildman–Crippen LogP) is 2.09. The SMILES string of the molecule is C1=CCC2CCNSC2=C1. The van der Waals surface area contributed by atoms with Crippen LogP contribution in [0.3, 0.4) is 0 Å². The van der Waals surface area contributed by atoms with Crippen LogP contribution in [0.4, 0.5) is 0 Å². The topological polar surface area (TPSA) is 12.0 Å². The van der Waals surface area contributed by atoms with Gasteiger partial charge in [0.2, 0.25) is 0 Å². The van der Waals surface area contributed by atoms with Gasteiger partial charge in [-0.2, -0.15) is 0 Å². The lowest BCUT2D eigenvalue weighted by atomic mass is 9.97. The molecular formula is C8H11NS. The molecule has 54 valence electrons. The van der Waals surface area contributed by atoms with E-state index in [4.69, 9.17) is 0 Å². The summed E-state index contributed by atoms with van der Waals surface area (Å²) in [5.41, 5.74) is 0. The lowest BCUT2D eigenvalue weighted by Gasteiger charge is -2.25. The molecule has 1 unspecified atom stereocenters. The first-order valence-electron chi connectivity index (χ1n) is 3.73. The van der Waals surface area contributed by atoms with Crippen molar-refractivity contribution in [3.8, 4) is 0 Å². The van der Waals surface area contributed by atoms with Gasteiger partial charge in [0.05, 0.1) is 0 Å². The summed E-state index contributed by atoms with van der Waals surface area (Å²) in [6, 6.07) is 0. The van der Waals surface area contributed by atoms with E-state index < -0.39 is 0 Å². The van der Waals surface area contributed by atoms with Gasteiger partial charge in [0.1, 0.15) is 0 Å². The number of rotatable bonds is 0. The van der Waals surface area contributed by atoms with Crippen molar-refractivity contribution in [1.29, 1.82) is 0 Å². The van der Waals surface area contributed by atoms with E-state index >= 15 is 0 Å². The van der Waals surface area contributed by atoms with Crippen LogP contribution in [-0.4, -0.2) is 6.54 Å². The van der Waals surface area contributed by atoms with E-state index in [0.717, 1.165) is 5.92 Å². The number of hydrogen-bond donors (Lipinski definition) is 1. The average Bonchev–Trinajstić information content (AvgIpc) is 2.05.